The van der Waals surface area contributed by atoms with Gasteiger partial charge in [0, 0.05) is 29.7 Å². The van der Waals surface area contributed by atoms with Gasteiger partial charge in [-0.25, -0.2) is 0 Å². The van der Waals surface area contributed by atoms with E-state index in [0.29, 0.717) is 24.4 Å². The zero-order chi connectivity index (χ0) is 14.4. The molecule has 4 nitrogen and oxygen atoms in total. The number of para-hydroxylation sites is 1. The predicted octanol–water partition coefficient (Wildman–Crippen LogP) is 3.04. The summed E-state index contributed by atoms with van der Waals surface area (Å²) in [5.74, 6) is 0.365. The summed E-state index contributed by atoms with van der Waals surface area (Å²) < 4.78 is 34.5. The van der Waals surface area contributed by atoms with E-state index in [1.54, 1.807) is 29.9 Å². The molecule has 7 heteroatoms. The summed E-state index contributed by atoms with van der Waals surface area (Å²) in [6, 6.07) is 5.05. The van der Waals surface area contributed by atoms with Crippen LogP contribution in [0.25, 0.3) is 0 Å². The normalized spacial score (nSPS) is 10.8. The third-order valence-corrected chi connectivity index (χ3v) is 3.37. The fourth-order valence-corrected chi connectivity index (χ4v) is 2.30. The summed E-state index contributed by atoms with van der Waals surface area (Å²) in [4.78, 5) is 5.04. The second-order valence-electron chi connectivity index (χ2n) is 3.90. The van der Waals surface area contributed by atoms with Crippen LogP contribution in [0.1, 0.15) is 10.4 Å². The van der Waals surface area contributed by atoms with Gasteiger partial charge in [-0.05, 0) is 6.07 Å². The molecule has 0 atom stereocenters. The van der Waals surface area contributed by atoms with E-state index in [0.717, 1.165) is 4.88 Å². The Hall–Kier alpha value is -1.73. The summed E-state index contributed by atoms with van der Waals surface area (Å²) in [7, 11) is 1.42. The molecule has 0 aliphatic rings. The smallest absolute Gasteiger partial charge is 0.387 e. The molecule has 2 rings (SSSR count). The van der Waals surface area contributed by atoms with E-state index in [2.05, 4.69) is 15.0 Å². The first-order valence-corrected chi connectivity index (χ1v) is 6.77. The van der Waals surface area contributed by atoms with Crippen LogP contribution in [0, 0.1) is 0 Å². The standard InChI is InChI=1S/C13H14F2N2O2S/c1-18-11-4-2-3-9(12(11)19-13(14)15)5-16-6-10-7-17-8-20-10/h2-4,7-8,13,16H,5-6H2,1H3. The van der Waals surface area contributed by atoms with Crippen molar-refractivity contribution in [3.05, 3.63) is 40.3 Å². The minimum atomic E-state index is -2.88. The van der Waals surface area contributed by atoms with Crippen molar-refractivity contribution in [3.63, 3.8) is 0 Å². The van der Waals surface area contributed by atoms with Crippen molar-refractivity contribution < 1.29 is 18.3 Å². The maximum absolute atomic E-state index is 12.5. The molecule has 1 N–H and O–H groups in total. The van der Waals surface area contributed by atoms with Gasteiger partial charge in [-0.1, -0.05) is 12.1 Å². The number of halogens is 2. The van der Waals surface area contributed by atoms with E-state index < -0.39 is 6.61 Å². The SMILES string of the molecule is COc1cccc(CNCc2cncs2)c1OC(F)F. The van der Waals surface area contributed by atoms with Crippen LogP contribution in [-0.4, -0.2) is 18.7 Å². The van der Waals surface area contributed by atoms with Crippen LogP contribution in [-0.2, 0) is 13.1 Å². The molecule has 0 aliphatic heterocycles. The average Bonchev–Trinajstić information content (AvgIpc) is 2.93. The zero-order valence-corrected chi connectivity index (χ0v) is 11.6. The molecule has 1 aromatic heterocycles. The highest BCUT2D eigenvalue weighted by atomic mass is 32.1. The molecule has 1 aromatic carbocycles. The molecule has 1 heterocycles. The Bertz CT molecular complexity index is 535. The summed E-state index contributed by atoms with van der Waals surface area (Å²) in [5.41, 5.74) is 2.36. The van der Waals surface area contributed by atoms with Gasteiger partial charge in [0.15, 0.2) is 11.5 Å². The Kier molecular flexibility index (Phi) is 5.25. The van der Waals surface area contributed by atoms with E-state index in [4.69, 9.17) is 4.74 Å². The number of ether oxygens (including phenoxy) is 2. The van der Waals surface area contributed by atoms with Crippen LogP contribution in [0.3, 0.4) is 0 Å². The molecule has 0 saturated carbocycles. The van der Waals surface area contributed by atoms with Gasteiger partial charge in [0.2, 0.25) is 0 Å². The van der Waals surface area contributed by atoms with Crippen molar-refractivity contribution in [1.29, 1.82) is 0 Å². The van der Waals surface area contributed by atoms with Gasteiger partial charge in [0.25, 0.3) is 0 Å². The minimum Gasteiger partial charge on any atom is -0.493 e. The highest BCUT2D eigenvalue weighted by Crippen LogP contribution is 2.32. The van der Waals surface area contributed by atoms with Crippen molar-refractivity contribution >= 4 is 11.3 Å². The van der Waals surface area contributed by atoms with Crippen LogP contribution in [0.15, 0.2) is 29.9 Å². The number of rotatable bonds is 7. The Morgan fingerprint density at radius 2 is 2.20 bits per heavy atom. The Labute approximate surface area is 119 Å². The molecule has 0 fully saturated rings. The fraction of sp³-hybridized carbons (Fsp3) is 0.308. The first-order chi connectivity index (χ1) is 9.70. The molecule has 0 bridgehead atoms. The first-order valence-electron chi connectivity index (χ1n) is 5.89. The largest absolute Gasteiger partial charge is 0.493 e. The number of hydrogen-bond donors (Lipinski definition) is 1. The van der Waals surface area contributed by atoms with Gasteiger partial charge < -0.3 is 14.8 Å². The van der Waals surface area contributed by atoms with E-state index in [1.165, 1.54) is 18.4 Å². The lowest BCUT2D eigenvalue weighted by Gasteiger charge is -2.14. The molecule has 0 spiro atoms. The first kappa shape index (κ1) is 14.7. The predicted molar refractivity (Wildman–Crippen MR) is 72.3 cm³/mol. The molecule has 0 unspecified atom stereocenters. The van der Waals surface area contributed by atoms with Gasteiger partial charge in [-0.2, -0.15) is 8.78 Å². The lowest BCUT2D eigenvalue weighted by Crippen LogP contribution is -2.14. The van der Waals surface area contributed by atoms with Crippen LogP contribution >= 0.6 is 11.3 Å². The molecule has 0 aliphatic carbocycles. The molecule has 0 radical (unpaired) electrons. The number of nitrogens with zero attached hydrogens (tertiary/aromatic N) is 1. The third kappa shape index (κ3) is 3.88. The lowest BCUT2D eigenvalue weighted by molar-refractivity contribution is -0.0518. The zero-order valence-electron chi connectivity index (χ0n) is 10.8. The number of alkyl halides is 2. The summed E-state index contributed by atoms with van der Waals surface area (Å²) >= 11 is 1.53. The second-order valence-corrected chi connectivity index (χ2v) is 4.87. The van der Waals surface area contributed by atoms with Crippen molar-refractivity contribution in [1.82, 2.24) is 10.3 Å². The number of hydrogen-bond acceptors (Lipinski definition) is 5. The van der Waals surface area contributed by atoms with E-state index in [-0.39, 0.29) is 5.75 Å². The topological polar surface area (TPSA) is 43.4 Å². The number of nitrogens with one attached hydrogen (secondary N) is 1. The monoisotopic (exact) mass is 300 g/mol. The van der Waals surface area contributed by atoms with Crippen LogP contribution in [0.2, 0.25) is 0 Å². The molecule has 20 heavy (non-hydrogen) atoms. The molecule has 2 aromatic rings. The quantitative estimate of drug-likeness (QED) is 0.853. The van der Waals surface area contributed by atoms with E-state index in [1.807, 2.05) is 0 Å². The van der Waals surface area contributed by atoms with Crippen LogP contribution < -0.4 is 14.8 Å². The van der Waals surface area contributed by atoms with Crippen molar-refractivity contribution in [2.75, 3.05) is 7.11 Å². The van der Waals surface area contributed by atoms with Crippen molar-refractivity contribution in [2.45, 2.75) is 19.7 Å². The highest BCUT2D eigenvalue weighted by molar-refractivity contribution is 7.09. The number of aromatic nitrogens is 1. The maximum Gasteiger partial charge on any atom is 0.387 e. The summed E-state index contributed by atoms with van der Waals surface area (Å²) in [6.07, 6.45) is 1.76. The highest BCUT2D eigenvalue weighted by Gasteiger charge is 2.14. The van der Waals surface area contributed by atoms with Gasteiger partial charge in [-0.15, -0.1) is 11.3 Å². The molecular formula is C13H14F2N2O2S. The van der Waals surface area contributed by atoms with E-state index >= 15 is 0 Å². The molecule has 0 saturated heterocycles. The number of methoxy groups -OCH3 is 1. The molecule has 0 amide bonds. The lowest BCUT2D eigenvalue weighted by atomic mass is 10.2. The fourth-order valence-electron chi connectivity index (χ4n) is 1.73. The average molecular weight is 300 g/mol. The van der Waals surface area contributed by atoms with Crippen molar-refractivity contribution in [3.8, 4) is 11.5 Å². The Morgan fingerprint density at radius 3 is 2.85 bits per heavy atom. The third-order valence-electron chi connectivity index (χ3n) is 2.59. The summed E-state index contributed by atoms with van der Waals surface area (Å²) in [6.45, 7) is -1.86. The van der Waals surface area contributed by atoms with Gasteiger partial charge in [0.1, 0.15) is 0 Å². The molecule has 108 valence electrons. The Morgan fingerprint density at radius 1 is 1.35 bits per heavy atom. The van der Waals surface area contributed by atoms with Gasteiger partial charge in [0.05, 0.1) is 12.6 Å². The molecular weight excluding hydrogens is 286 g/mol. The minimum absolute atomic E-state index is 0.0711. The van der Waals surface area contributed by atoms with Gasteiger partial charge in [-0.3, -0.25) is 4.98 Å². The maximum atomic E-state index is 12.5. The van der Waals surface area contributed by atoms with E-state index in [9.17, 15) is 8.78 Å². The van der Waals surface area contributed by atoms with Crippen LogP contribution in [0.4, 0.5) is 8.78 Å². The number of benzene rings is 1. The second kappa shape index (κ2) is 7.16. The number of thiazole rings is 1. The summed E-state index contributed by atoms with van der Waals surface area (Å²) in [5, 5.41) is 3.16. The Balaban J connectivity index is 2.05. The van der Waals surface area contributed by atoms with Crippen LogP contribution in [0.5, 0.6) is 11.5 Å². The van der Waals surface area contributed by atoms with Gasteiger partial charge >= 0.3 is 6.61 Å². The van der Waals surface area contributed by atoms with Crippen molar-refractivity contribution in [2.24, 2.45) is 0 Å².